The van der Waals surface area contributed by atoms with Crippen LogP contribution in [0.1, 0.15) is 34.1 Å². The van der Waals surface area contributed by atoms with Crippen LogP contribution in [0.15, 0.2) is 40.8 Å². The Hall–Kier alpha value is -1.73. The molecule has 1 aliphatic rings. The third-order valence-electron chi connectivity index (χ3n) is 4.32. The number of nitriles is 1. The van der Waals surface area contributed by atoms with Gasteiger partial charge < -0.3 is 5.32 Å². The second-order valence-corrected chi connectivity index (χ2v) is 7.95. The van der Waals surface area contributed by atoms with Crippen molar-refractivity contribution in [2.75, 3.05) is 11.1 Å². The van der Waals surface area contributed by atoms with Crippen LogP contribution < -0.4 is 5.32 Å². The van der Waals surface area contributed by atoms with E-state index in [-0.39, 0.29) is 17.2 Å². The van der Waals surface area contributed by atoms with Crippen LogP contribution >= 0.6 is 11.8 Å². The first-order valence-electron chi connectivity index (χ1n) is 7.92. The summed E-state index contributed by atoms with van der Waals surface area (Å²) >= 11 is 1.61. The van der Waals surface area contributed by atoms with E-state index in [1.807, 2.05) is 24.3 Å². The highest BCUT2D eigenvalue weighted by atomic mass is 32.2. The molecule has 1 aromatic rings. The number of allylic oxidation sites excluding steroid dienone is 2. The first-order chi connectivity index (χ1) is 10.9. The average Bonchev–Trinajstić information content (AvgIpc) is 3.01. The Balaban J connectivity index is 2.07. The summed E-state index contributed by atoms with van der Waals surface area (Å²) in [5, 5.41) is 11.7. The Labute approximate surface area is 143 Å². The Morgan fingerprint density at radius 2 is 2.09 bits per heavy atom. The van der Waals surface area contributed by atoms with E-state index in [2.05, 4.69) is 45.2 Å². The highest BCUT2D eigenvalue weighted by molar-refractivity contribution is 7.99. The van der Waals surface area contributed by atoms with Gasteiger partial charge in [0.1, 0.15) is 0 Å². The summed E-state index contributed by atoms with van der Waals surface area (Å²) < 4.78 is 0. The molecule has 0 aliphatic heterocycles. The molecule has 1 aromatic carbocycles. The number of rotatable bonds is 6. The van der Waals surface area contributed by atoms with E-state index in [1.54, 1.807) is 11.8 Å². The lowest BCUT2D eigenvalue weighted by atomic mass is 10.1. The average molecular weight is 328 g/mol. The monoisotopic (exact) mass is 328 g/mol. The lowest BCUT2D eigenvalue weighted by Crippen LogP contribution is -2.17. The van der Waals surface area contributed by atoms with Gasteiger partial charge in [0.2, 0.25) is 5.91 Å². The third-order valence-corrected chi connectivity index (χ3v) is 5.40. The highest BCUT2D eigenvalue weighted by Gasteiger charge is 2.60. The van der Waals surface area contributed by atoms with E-state index in [9.17, 15) is 4.79 Å². The van der Waals surface area contributed by atoms with Crippen molar-refractivity contribution in [3.63, 3.8) is 0 Å². The molecule has 0 radical (unpaired) electrons. The van der Waals surface area contributed by atoms with E-state index in [1.165, 1.54) is 5.57 Å². The summed E-state index contributed by atoms with van der Waals surface area (Å²) in [6, 6.07) is 9.95. The Morgan fingerprint density at radius 3 is 2.74 bits per heavy atom. The first-order valence-corrected chi connectivity index (χ1v) is 8.91. The van der Waals surface area contributed by atoms with Gasteiger partial charge in [-0.2, -0.15) is 5.26 Å². The second kappa shape index (κ2) is 7.23. The van der Waals surface area contributed by atoms with E-state index >= 15 is 0 Å². The number of nitrogens with zero attached hydrogens (tertiary/aromatic N) is 1. The molecular weight excluding hydrogens is 304 g/mol. The molecule has 2 unspecified atom stereocenters. The largest absolute Gasteiger partial charge is 0.325 e. The molecule has 1 N–H and O–H groups in total. The predicted octanol–water partition coefficient (Wildman–Crippen LogP) is 4.87. The molecule has 2 rings (SSSR count). The van der Waals surface area contributed by atoms with Gasteiger partial charge in [0.05, 0.1) is 17.7 Å². The van der Waals surface area contributed by atoms with Crippen molar-refractivity contribution in [3.05, 3.63) is 35.9 Å². The van der Waals surface area contributed by atoms with Gasteiger partial charge in [0.25, 0.3) is 0 Å². The summed E-state index contributed by atoms with van der Waals surface area (Å²) in [5.74, 6) is 1.16. The van der Waals surface area contributed by atoms with Gasteiger partial charge in [0.15, 0.2) is 0 Å². The molecule has 0 bridgehead atoms. The number of carbonyl (C=O) groups is 1. The SMILES string of the molecule is CC(C)=CC1C(C(=O)Nc2ccccc2SCCC#N)C1(C)C. The van der Waals surface area contributed by atoms with Crippen molar-refractivity contribution < 1.29 is 4.79 Å². The summed E-state index contributed by atoms with van der Waals surface area (Å²) in [6.07, 6.45) is 2.71. The molecule has 0 saturated heterocycles. The lowest BCUT2D eigenvalue weighted by molar-refractivity contribution is -0.118. The molecule has 2 atom stereocenters. The van der Waals surface area contributed by atoms with Gasteiger partial charge in [-0.15, -0.1) is 11.8 Å². The minimum Gasteiger partial charge on any atom is -0.325 e. The van der Waals surface area contributed by atoms with Crippen molar-refractivity contribution in [2.45, 2.75) is 39.0 Å². The molecule has 23 heavy (non-hydrogen) atoms. The zero-order valence-corrected chi connectivity index (χ0v) is 15.0. The minimum atomic E-state index is 0.0181. The fourth-order valence-electron chi connectivity index (χ4n) is 2.96. The van der Waals surface area contributed by atoms with Crippen molar-refractivity contribution in [3.8, 4) is 6.07 Å². The van der Waals surface area contributed by atoms with Crippen LogP contribution in [0.5, 0.6) is 0 Å². The molecule has 1 fully saturated rings. The van der Waals surface area contributed by atoms with Crippen LogP contribution in [-0.4, -0.2) is 11.7 Å². The maximum absolute atomic E-state index is 12.7. The zero-order chi connectivity index (χ0) is 17.0. The Bertz CT molecular complexity index is 654. The molecule has 0 spiro atoms. The molecule has 122 valence electrons. The zero-order valence-electron chi connectivity index (χ0n) is 14.2. The molecule has 1 saturated carbocycles. The third kappa shape index (κ3) is 4.17. The standard InChI is InChI=1S/C19H24N2OS/c1-13(2)12-14-17(19(14,3)4)18(22)21-15-8-5-6-9-16(15)23-11-7-10-20/h5-6,8-9,12,14,17H,7,11H2,1-4H3,(H,21,22). The molecule has 1 amide bonds. The van der Waals surface area contributed by atoms with Gasteiger partial charge in [-0.25, -0.2) is 0 Å². The summed E-state index contributed by atoms with van der Waals surface area (Å²) in [7, 11) is 0. The van der Waals surface area contributed by atoms with E-state index in [4.69, 9.17) is 5.26 Å². The maximum atomic E-state index is 12.7. The maximum Gasteiger partial charge on any atom is 0.228 e. The molecule has 3 nitrogen and oxygen atoms in total. The van der Waals surface area contributed by atoms with Crippen LogP contribution in [-0.2, 0) is 4.79 Å². The topological polar surface area (TPSA) is 52.9 Å². The number of amides is 1. The van der Waals surface area contributed by atoms with Crippen LogP contribution in [0, 0.1) is 28.6 Å². The van der Waals surface area contributed by atoms with Crippen LogP contribution in [0.2, 0.25) is 0 Å². The fraction of sp³-hybridized carbons (Fsp3) is 0.474. The van der Waals surface area contributed by atoms with Gasteiger partial charge in [-0.1, -0.05) is 37.6 Å². The van der Waals surface area contributed by atoms with Crippen molar-refractivity contribution in [1.29, 1.82) is 5.26 Å². The number of carbonyl (C=O) groups excluding carboxylic acids is 1. The molecule has 0 heterocycles. The van der Waals surface area contributed by atoms with E-state index < -0.39 is 0 Å². The molecule has 1 aliphatic carbocycles. The van der Waals surface area contributed by atoms with Crippen LogP contribution in [0.3, 0.4) is 0 Å². The number of anilines is 1. The normalized spacial score (nSPS) is 21.2. The number of benzene rings is 1. The smallest absolute Gasteiger partial charge is 0.228 e. The summed E-state index contributed by atoms with van der Waals surface area (Å²) in [6.45, 7) is 8.44. The molecule has 4 heteroatoms. The van der Waals surface area contributed by atoms with Crippen LogP contribution in [0.25, 0.3) is 0 Å². The number of nitrogens with one attached hydrogen (secondary N) is 1. The van der Waals surface area contributed by atoms with E-state index in [0.717, 1.165) is 16.3 Å². The molecule has 0 aromatic heterocycles. The van der Waals surface area contributed by atoms with Gasteiger partial charge in [0, 0.05) is 17.1 Å². The summed E-state index contributed by atoms with van der Waals surface area (Å²) in [4.78, 5) is 13.7. The molecular formula is C19H24N2OS. The highest BCUT2D eigenvalue weighted by Crippen LogP contribution is 2.59. The summed E-state index contributed by atoms with van der Waals surface area (Å²) in [5.41, 5.74) is 2.12. The van der Waals surface area contributed by atoms with Crippen LogP contribution in [0.4, 0.5) is 5.69 Å². The Morgan fingerprint density at radius 1 is 1.39 bits per heavy atom. The van der Waals surface area contributed by atoms with Gasteiger partial charge in [-0.3, -0.25) is 4.79 Å². The van der Waals surface area contributed by atoms with Crippen molar-refractivity contribution in [2.24, 2.45) is 17.3 Å². The van der Waals surface area contributed by atoms with Gasteiger partial charge in [-0.05, 0) is 37.3 Å². The second-order valence-electron chi connectivity index (χ2n) is 6.81. The lowest BCUT2D eigenvalue weighted by Gasteiger charge is -2.10. The van der Waals surface area contributed by atoms with Crippen molar-refractivity contribution in [1.82, 2.24) is 0 Å². The van der Waals surface area contributed by atoms with Crippen molar-refractivity contribution >= 4 is 23.4 Å². The van der Waals surface area contributed by atoms with Gasteiger partial charge >= 0.3 is 0 Å². The predicted molar refractivity (Wildman–Crippen MR) is 96.2 cm³/mol. The number of para-hydroxylation sites is 1. The minimum absolute atomic E-state index is 0.0181. The number of hydrogen-bond donors (Lipinski definition) is 1. The van der Waals surface area contributed by atoms with E-state index in [0.29, 0.717) is 12.3 Å². The Kier molecular flexibility index (Phi) is 5.54. The first kappa shape index (κ1) is 17.6. The fourth-order valence-corrected chi connectivity index (χ4v) is 3.82. The number of hydrogen-bond acceptors (Lipinski definition) is 3. The number of thioether (sulfide) groups is 1. The quantitative estimate of drug-likeness (QED) is 0.460.